The van der Waals surface area contributed by atoms with E-state index in [1.165, 1.54) is 0 Å². The van der Waals surface area contributed by atoms with Gasteiger partial charge >= 0.3 is 0 Å². The number of carbonyl (C=O) groups excluding carboxylic acids is 1. The minimum atomic E-state index is 0.114. The van der Waals surface area contributed by atoms with Crippen molar-refractivity contribution >= 4 is 17.7 Å². The van der Waals surface area contributed by atoms with Crippen molar-refractivity contribution in [3.63, 3.8) is 0 Å². The van der Waals surface area contributed by atoms with Gasteiger partial charge in [-0.15, -0.1) is 10.2 Å². The number of hydrogen-bond donors (Lipinski definition) is 0. The van der Waals surface area contributed by atoms with E-state index in [9.17, 15) is 4.79 Å². The molecular weight excluding hydrogens is 420 g/mol. The van der Waals surface area contributed by atoms with Crippen molar-refractivity contribution in [3.8, 4) is 17.1 Å². The molecule has 162 valence electrons. The number of nitrogens with zero attached hydrogens (tertiary/aromatic N) is 4. The van der Waals surface area contributed by atoms with Crippen LogP contribution >= 0.6 is 11.8 Å². The first-order valence-electron chi connectivity index (χ1n) is 10.7. The quantitative estimate of drug-likeness (QED) is 0.388. The van der Waals surface area contributed by atoms with Gasteiger partial charge in [-0.1, -0.05) is 48.2 Å². The largest absolute Gasteiger partial charge is 0.469 e. The second-order valence-electron chi connectivity index (χ2n) is 7.95. The number of furan rings is 1. The van der Waals surface area contributed by atoms with Gasteiger partial charge in [-0.2, -0.15) is 0 Å². The maximum absolute atomic E-state index is 12.8. The van der Waals surface area contributed by atoms with Crippen LogP contribution in [0.3, 0.4) is 0 Å². The lowest BCUT2D eigenvalue weighted by Gasteiger charge is -2.16. The average Bonchev–Trinajstić information content (AvgIpc) is 3.58. The normalized spacial score (nSPS) is 15.9. The fraction of sp³-hybridized carbons (Fsp3) is 0.240. The van der Waals surface area contributed by atoms with E-state index in [-0.39, 0.29) is 5.91 Å². The molecule has 0 radical (unpaired) electrons. The van der Waals surface area contributed by atoms with Crippen LogP contribution in [0.25, 0.3) is 17.1 Å². The summed E-state index contributed by atoms with van der Waals surface area (Å²) in [6, 6.07) is 21.6. The summed E-state index contributed by atoms with van der Waals surface area (Å²) in [4.78, 5) is 14.7. The topological polar surface area (TPSA) is 64.2 Å². The molecule has 0 unspecified atom stereocenters. The summed E-state index contributed by atoms with van der Waals surface area (Å²) in [5, 5.41) is 9.84. The van der Waals surface area contributed by atoms with Gasteiger partial charge in [0.25, 0.3) is 5.91 Å². The molecule has 1 atom stereocenters. The fourth-order valence-electron chi connectivity index (χ4n) is 4.07. The Morgan fingerprint density at radius 1 is 1.06 bits per heavy atom. The molecule has 0 spiro atoms. The Morgan fingerprint density at radius 2 is 1.81 bits per heavy atom. The highest BCUT2D eigenvalue weighted by molar-refractivity contribution is 7.99. The first kappa shape index (κ1) is 20.6. The Balaban J connectivity index is 1.33. The van der Waals surface area contributed by atoms with Crippen LogP contribution < -0.4 is 0 Å². The van der Waals surface area contributed by atoms with Crippen LogP contribution in [0.1, 0.15) is 22.5 Å². The van der Waals surface area contributed by atoms with Crippen LogP contribution in [0, 0.1) is 12.8 Å². The number of amides is 1. The summed E-state index contributed by atoms with van der Waals surface area (Å²) in [5.41, 5.74) is 2.71. The average molecular weight is 445 g/mol. The third kappa shape index (κ3) is 4.08. The fourth-order valence-corrected chi connectivity index (χ4v) is 5.15. The molecule has 1 aliphatic heterocycles. The van der Waals surface area contributed by atoms with Gasteiger partial charge in [0, 0.05) is 30.1 Å². The van der Waals surface area contributed by atoms with E-state index in [0.717, 1.165) is 58.8 Å². The summed E-state index contributed by atoms with van der Waals surface area (Å²) >= 11 is 1.69. The molecule has 2 aromatic heterocycles. The second kappa shape index (κ2) is 9.04. The highest BCUT2D eigenvalue weighted by Gasteiger charge is 2.28. The molecule has 4 aromatic rings. The van der Waals surface area contributed by atoms with Crippen LogP contribution in [-0.4, -0.2) is 44.4 Å². The third-order valence-corrected chi connectivity index (χ3v) is 6.95. The number of thioether (sulfide) groups is 1. The van der Waals surface area contributed by atoms with Crippen LogP contribution in [0.2, 0.25) is 0 Å². The number of hydrogen-bond acceptors (Lipinski definition) is 5. The first-order valence-corrected chi connectivity index (χ1v) is 11.7. The molecule has 0 N–H and O–H groups in total. The lowest BCUT2D eigenvalue weighted by Crippen LogP contribution is -2.28. The molecule has 2 aromatic carbocycles. The SMILES string of the molecule is Cc1occc1-c1nnc(SC[C@H]2CCN(C(=O)c3ccccc3)C2)n1-c1ccccc1. The number of rotatable bonds is 6. The number of aryl methyl sites for hydroxylation is 1. The van der Waals surface area contributed by atoms with Crippen LogP contribution in [0.5, 0.6) is 0 Å². The summed E-state index contributed by atoms with van der Waals surface area (Å²) in [5.74, 6) is 3.01. The molecule has 1 fully saturated rings. The van der Waals surface area contributed by atoms with Gasteiger partial charge in [0.1, 0.15) is 5.76 Å². The molecule has 5 rings (SSSR count). The Morgan fingerprint density at radius 3 is 2.53 bits per heavy atom. The van der Waals surface area contributed by atoms with E-state index in [2.05, 4.69) is 26.9 Å². The van der Waals surface area contributed by atoms with Gasteiger partial charge in [-0.25, -0.2) is 0 Å². The molecule has 0 bridgehead atoms. The first-order chi connectivity index (χ1) is 15.7. The van der Waals surface area contributed by atoms with E-state index in [1.807, 2.05) is 66.4 Å². The lowest BCUT2D eigenvalue weighted by molar-refractivity contribution is 0.0788. The number of benzene rings is 2. The van der Waals surface area contributed by atoms with Gasteiger partial charge in [0.15, 0.2) is 11.0 Å². The van der Waals surface area contributed by atoms with Crippen molar-refractivity contribution in [1.29, 1.82) is 0 Å². The summed E-state index contributed by atoms with van der Waals surface area (Å²) < 4.78 is 7.59. The van der Waals surface area contributed by atoms with Crippen LogP contribution in [0.4, 0.5) is 0 Å². The Bertz CT molecular complexity index is 1200. The van der Waals surface area contributed by atoms with Gasteiger partial charge < -0.3 is 9.32 Å². The minimum Gasteiger partial charge on any atom is -0.469 e. The highest BCUT2D eigenvalue weighted by atomic mass is 32.2. The van der Waals surface area contributed by atoms with Crippen molar-refractivity contribution in [2.45, 2.75) is 18.5 Å². The third-order valence-electron chi connectivity index (χ3n) is 5.79. The lowest BCUT2D eigenvalue weighted by atomic mass is 10.1. The second-order valence-corrected chi connectivity index (χ2v) is 8.94. The molecule has 3 heterocycles. The van der Waals surface area contributed by atoms with E-state index < -0.39 is 0 Å². The number of carbonyl (C=O) groups is 1. The Labute approximate surface area is 191 Å². The molecule has 6 nitrogen and oxygen atoms in total. The number of para-hydroxylation sites is 1. The van der Waals surface area contributed by atoms with Gasteiger partial charge in [-0.05, 0) is 49.6 Å². The molecular formula is C25H24N4O2S. The van der Waals surface area contributed by atoms with E-state index >= 15 is 0 Å². The van der Waals surface area contributed by atoms with E-state index in [1.54, 1.807) is 18.0 Å². The zero-order valence-corrected chi connectivity index (χ0v) is 18.7. The van der Waals surface area contributed by atoms with Crippen molar-refractivity contribution < 1.29 is 9.21 Å². The summed E-state index contributed by atoms with van der Waals surface area (Å²) in [6.07, 6.45) is 2.68. The predicted octanol–water partition coefficient (Wildman–Crippen LogP) is 5.09. The summed E-state index contributed by atoms with van der Waals surface area (Å²) in [6.45, 7) is 3.50. The molecule has 7 heteroatoms. The van der Waals surface area contributed by atoms with Gasteiger partial charge in [0.05, 0.1) is 11.8 Å². The van der Waals surface area contributed by atoms with Crippen molar-refractivity contribution in [2.75, 3.05) is 18.8 Å². The Hall–Kier alpha value is -3.32. The van der Waals surface area contributed by atoms with Crippen molar-refractivity contribution in [2.24, 2.45) is 5.92 Å². The van der Waals surface area contributed by atoms with Crippen molar-refractivity contribution in [3.05, 3.63) is 84.3 Å². The molecule has 0 saturated carbocycles. The molecule has 0 aliphatic carbocycles. The number of likely N-dealkylation sites (tertiary alicyclic amines) is 1. The minimum absolute atomic E-state index is 0.114. The highest BCUT2D eigenvalue weighted by Crippen LogP contribution is 2.32. The van der Waals surface area contributed by atoms with E-state index in [0.29, 0.717) is 5.92 Å². The Kier molecular flexibility index (Phi) is 5.81. The maximum Gasteiger partial charge on any atom is 0.253 e. The van der Waals surface area contributed by atoms with Crippen LogP contribution in [0.15, 0.2) is 82.6 Å². The van der Waals surface area contributed by atoms with Gasteiger partial charge in [-0.3, -0.25) is 9.36 Å². The maximum atomic E-state index is 12.8. The van der Waals surface area contributed by atoms with Gasteiger partial charge in [0.2, 0.25) is 0 Å². The molecule has 1 saturated heterocycles. The predicted molar refractivity (Wildman–Crippen MR) is 125 cm³/mol. The van der Waals surface area contributed by atoms with E-state index in [4.69, 9.17) is 4.42 Å². The molecule has 32 heavy (non-hydrogen) atoms. The summed E-state index contributed by atoms with van der Waals surface area (Å²) in [7, 11) is 0. The standard InChI is InChI=1S/C25H24N4O2S/c1-18-22(13-15-31-18)23-26-27-25(29(23)21-10-6-3-7-11-21)32-17-19-12-14-28(16-19)24(30)20-8-4-2-5-9-20/h2-11,13,15,19H,12,14,16-17H2,1H3/t19-/m0/s1. The zero-order chi connectivity index (χ0) is 21.9. The molecule has 1 amide bonds. The number of aromatic nitrogens is 3. The van der Waals surface area contributed by atoms with Crippen molar-refractivity contribution in [1.82, 2.24) is 19.7 Å². The zero-order valence-electron chi connectivity index (χ0n) is 17.8. The van der Waals surface area contributed by atoms with Crippen LogP contribution in [-0.2, 0) is 0 Å². The monoisotopic (exact) mass is 444 g/mol. The smallest absolute Gasteiger partial charge is 0.253 e. The molecule has 1 aliphatic rings.